The highest BCUT2D eigenvalue weighted by molar-refractivity contribution is 7.91. The third kappa shape index (κ3) is 5.53. The molecule has 196 valence electrons. The average molecular weight is 571 g/mol. The zero-order chi connectivity index (χ0) is 26.4. The first kappa shape index (κ1) is 26.1. The molecule has 2 aromatic heterocycles. The number of benzene rings is 1. The zero-order valence-corrected chi connectivity index (χ0v) is 22.0. The first-order valence-electron chi connectivity index (χ1n) is 11.4. The fourth-order valence-electron chi connectivity index (χ4n) is 4.28. The Morgan fingerprint density at radius 2 is 2.00 bits per heavy atom. The van der Waals surface area contributed by atoms with Crippen LogP contribution in [-0.2, 0) is 33.7 Å². The number of nitrogens with one attached hydrogen (secondary N) is 2. The number of aromatic nitrogens is 2. The lowest BCUT2D eigenvalue weighted by Crippen LogP contribution is -2.23. The smallest absolute Gasteiger partial charge is 0.377 e. The van der Waals surface area contributed by atoms with Gasteiger partial charge in [-0.1, -0.05) is 17.7 Å². The molecule has 5 rings (SSSR count). The van der Waals surface area contributed by atoms with E-state index >= 15 is 0 Å². The van der Waals surface area contributed by atoms with Crippen molar-refractivity contribution in [3.63, 3.8) is 0 Å². The van der Waals surface area contributed by atoms with Gasteiger partial charge >= 0.3 is 6.18 Å². The van der Waals surface area contributed by atoms with Crippen molar-refractivity contribution in [1.82, 2.24) is 15.3 Å². The standard InChI is InChI=1S/C24H22ClF3N4O3S2/c1-37(33,34)20-10-19(36-22(20)13-3-6-35-7-4-13)21-16(24(26,27)28)12-30-23(32-21)31-18-9-14-2-5-29-11-15(14)8-17(18)25/h3,8-10,12,29H,2,4-7,11H2,1H3,(H,30,31,32). The van der Waals surface area contributed by atoms with Gasteiger partial charge in [-0.2, -0.15) is 13.2 Å². The van der Waals surface area contributed by atoms with E-state index in [0.717, 1.165) is 47.3 Å². The van der Waals surface area contributed by atoms with Crippen LogP contribution in [0.5, 0.6) is 0 Å². The van der Waals surface area contributed by atoms with E-state index in [1.54, 1.807) is 6.08 Å². The monoisotopic (exact) mass is 570 g/mol. The molecule has 0 atom stereocenters. The number of fused-ring (bicyclic) bond motifs is 1. The Morgan fingerprint density at radius 1 is 1.19 bits per heavy atom. The number of rotatable bonds is 5. The second-order valence-electron chi connectivity index (χ2n) is 8.74. The molecule has 2 N–H and O–H groups in total. The summed E-state index contributed by atoms with van der Waals surface area (Å²) in [5.41, 5.74) is 1.86. The lowest BCUT2D eigenvalue weighted by atomic mass is 10.0. The minimum Gasteiger partial charge on any atom is -0.377 e. The Hall–Kier alpha value is -2.51. The molecule has 0 fully saturated rings. The van der Waals surface area contributed by atoms with E-state index in [1.165, 1.54) is 6.07 Å². The maximum Gasteiger partial charge on any atom is 0.420 e. The van der Waals surface area contributed by atoms with E-state index in [9.17, 15) is 21.6 Å². The SMILES string of the molecule is CS(=O)(=O)c1cc(-c2nc(Nc3cc4c(cc3Cl)CNCC4)ncc2C(F)(F)F)sc1C1=CCOCC1. The van der Waals surface area contributed by atoms with Gasteiger partial charge in [0.05, 0.1) is 39.4 Å². The molecule has 4 heterocycles. The molecule has 7 nitrogen and oxygen atoms in total. The molecule has 0 unspecified atom stereocenters. The Morgan fingerprint density at radius 3 is 2.70 bits per heavy atom. The van der Waals surface area contributed by atoms with Gasteiger partial charge in [0.15, 0.2) is 9.84 Å². The fraction of sp³-hybridized carbons (Fsp3) is 0.333. The van der Waals surface area contributed by atoms with Crippen molar-refractivity contribution in [3.05, 3.63) is 57.1 Å². The number of nitrogens with zero attached hydrogens (tertiary/aromatic N) is 2. The van der Waals surface area contributed by atoms with Gasteiger partial charge in [0, 0.05) is 23.9 Å². The number of thiophene rings is 1. The third-order valence-corrected chi connectivity index (χ3v) is 8.88. The highest BCUT2D eigenvalue weighted by atomic mass is 35.5. The molecular formula is C24H22ClF3N4O3S2. The summed E-state index contributed by atoms with van der Waals surface area (Å²) < 4.78 is 72.3. The maximum atomic E-state index is 14.0. The van der Waals surface area contributed by atoms with Gasteiger partial charge < -0.3 is 15.4 Å². The molecule has 0 aliphatic carbocycles. The van der Waals surface area contributed by atoms with E-state index in [4.69, 9.17) is 16.3 Å². The molecule has 3 aromatic rings. The van der Waals surface area contributed by atoms with Gasteiger partial charge in [-0.15, -0.1) is 11.3 Å². The largest absolute Gasteiger partial charge is 0.420 e. The molecule has 2 aliphatic heterocycles. The highest BCUT2D eigenvalue weighted by Gasteiger charge is 2.37. The number of ether oxygens (including phenoxy) is 1. The van der Waals surface area contributed by atoms with Crippen LogP contribution in [0.4, 0.5) is 24.8 Å². The van der Waals surface area contributed by atoms with Gasteiger partial charge in [0.25, 0.3) is 0 Å². The van der Waals surface area contributed by atoms with Crippen LogP contribution in [0, 0.1) is 0 Å². The molecule has 2 aliphatic rings. The Kier molecular flexibility index (Phi) is 7.05. The van der Waals surface area contributed by atoms with Gasteiger partial charge in [0.1, 0.15) is 5.56 Å². The van der Waals surface area contributed by atoms with E-state index < -0.39 is 27.3 Å². The van der Waals surface area contributed by atoms with Crippen LogP contribution >= 0.6 is 22.9 Å². The molecule has 0 amide bonds. The van der Waals surface area contributed by atoms with Crippen LogP contribution in [0.15, 0.2) is 35.4 Å². The minimum absolute atomic E-state index is 0.0340. The van der Waals surface area contributed by atoms with Crippen molar-refractivity contribution in [1.29, 1.82) is 0 Å². The molecule has 0 spiro atoms. The van der Waals surface area contributed by atoms with Gasteiger partial charge in [-0.3, -0.25) is 0 Å². The average Bonchev–Trinajstić information content (AvgIpc) is 3.31. The number of halogens is 4. The topological polar surface area (TPSA) is 93.2 Å². The number of sulfone groups is 1. The fourth-order valence-corrected chi connectivity index (χ4v) is 7.09. The van der Waals surface area contributed by atoms with Crippen molar-refractivity contribution < 1.29 is 26.3 Å². The van der Waals surface area contributed by atoms with Gasteiger partial charge in [-0.05, 0) is 54.3 Å². The summed E-state index contributed by atoms with van der Waals surface area (Å²) in [6.45, 7) is 2.19. The quantitative estimate of drug-likeness (QED) is 0.420. The van der Waals surface area contributed by atoms with Crippen molar-refractivity contribution in [3.8, 4) is 10.6 Å². The van der Waals surface area contributed by atoms with E-state index in [2.05, 4.69) is 20.6 Å². The molecule has 0 saturated carbocycles. The number of hydrogen-bond donors (Lipinski definition) is 2. The molecule has 0 saturated heterocycles. The maximum absolute atomic E-state index is 14.0. The van der Waals surface area contributed by atoms with Crippen LogP contribution in [0.2, 0.25) is 5.02 Å². The van der Waals surface area contributed by atoms with E-state index in [-0.39, 0.29) is 15.7 Å². The van der Waals surface area contributed by atoms with Crippen molar-refractivity contribution in [2.24, 2.45) is 0 Å². The predicted octanol–water partition coefficient (Wildman–Crippen LogP) is 5.47. The summed E-state index contributed by atoms with van der Waals surface area (Å²) in [6, 6.07) is 4.91. The summed E-state index contributed by atoms with van der Waals surface area (Å²) in [6.07, 6.45) is -0.0245. The molecule has 37 heavy (non-hydrogen) atoms. The number of anilines is 2. The van der Waals surface area contributed by atoms with Gasteiger partial charge in [0.2, 0.25) is 5.95 Å². The second-order valence-corrected chi connectivity index (χ2v) is 12.2. The van der Waals surface area contributed by atoms with Crippen molar-refractivity contribution >= 4 is 50.0 Å². The summed E-state index contributed by atoms with van der Waals surface area (Å²) >= 11 is 7.38. The van der Waals surface area contributed by atoms with Crippen LogP contribution < -0.4 is 10.6 Å². The number of hydrogen-bond acceptors (Lipinski definition) is 8. The first-order chi connectivity index (χ1) is 17.5. The summed E-state index contributed by atoms with van der Waals surface area (Å²) in [7, 11) is -3.73. The highest BCUT2D eigenvalue weighted by Crippen LogP contribution is 2.43. The van der Waals surface area contributed by atoms with Crippen molar-refractivity contribution in [2.75, 3.05) is 31.3 Å². The normalized spacial score (nSPS) is 16.3. The first-order valence-corrected chi connectivity index (χ1v) is 14.4. The Balaban J connectivity index is 1.60. The van der Waals surface area contributed by atoms with Crippen LogP contribution in [-0.4, -0.2) is 44.4 Å². The van der Waals surface area contributed by atoms with Crippen LogP contribution in [0.25, 0.3) is 16.1 Å². The molecule has 0 bridgehead atoms. The second kappa shape index (κ2) is 9.99. The zero-order valence-electron chi connectivity index (χ0n) is 19.6. The third-order valence-electron chi connectivity index (χ3n) is 6.10. The van der Waals surface area contributed by atoms with E-state index in [0.29, 0.717) is 48.0 Å². The molecule has 0 radical (unpaired) electrons. The van der Waals surface area contributed by atoms with Crippen molar-refractivity contribution in [2.45, 2.75) is 30.5 Å². The lowest BCUT2D eigenvalue weighted by molar-refractivity contribution is -0.137. The summed E-state index contributed by atoms with van der Waals surface area (Å²) in [5, 5.41) is 6.59. The molecule has 1 aromatic carbocycles. The summed E-state index contributed by atoms with van der Waals surface area (Å²) in [4.78, 5) is 8.53. The predicted molar refractivity (Wildman–Crippen MR) is 137 cm³/mol. The lowest BCUT2D eigenvalue weighted by Gasteiger charge is -2.19. The molecular weight excluding hydrogens is 549 g/mol. The molecule has 13 heteroatoms. The van der Waals surface area contributed by atoms with E-state index in [1.807, 2.05) is 12.1 Å². The number of alkyl halides is 3. The minimum atomic E-state index is -4.75. The Labute approximate surface area is 220 Å². The Bertz CT molecular complexity index is 1500. The van der Waals surface area contributed by atoms with Gasteiger partial charge in [-0.25, -0.2) is 18.4 Å². The van der Waals surface area contributed by atoms with Crippen LogP contribution in [0.1, 0.15) is 28.0 Å². The van der Waals surface area contributed by atoms with Crippen LogP contribution in [0.3, 0.4) is 0 Å². The summed E-state index contributed by atoms with van der Waals surface area (Å²) in [5.74, 6) is -0.0834.